The van der Waals surface area contributed by atoms with Crippen molar-refractivity contribution in [1.82, 2.24) is 4.90 Å². The summed E-state index contributed by atoms with van der Waals surface area (Å²) in [6.45, 7) is 3.44. The first-order valence-corrected chi connectivity index (χ1v) is 7.92. The zero-order valence-corrected chi connectivity index (χ0v) is 12.0. The Morgan fingerprint density at radius 2 is 2.00 bits per heavy atom. The Balaban J connectivity index is 2.04. The summed E-state index contributed by atoms with van der Waals surface area (Å²) in [5.74, 6) is 0.0458. The highest BCUT2D eigenvalue weighted by atomic mass is 32.2. The van der Waals surface area contributed by atoms with Gasteiger partial charge < -0.3 is 10.6 Å². The van der Waals surface area contributed by atoms with Crippen LogP contribution in [0.2, 0.25) is 0 Å². The van der Waals surface area contributed by atoms with E-state index in [0.29, 0.717) is 10.6 Å². The molecule has 19 heavy (non-hydrogen) atoms. The average molecular weight is 280 g/mol. The number of likely N-dealkylation sites (tertiary alicyclic amines) is 1. The molecular weight excluding hydrogens is 260 g/mol. The summed E-state index contributed by atoms with van der Waals surface area (Å²) in [4.78, 5) is 14.6. The van der Waals surface area contributed by atoms with Crippen molar-refractivity contribution in [3.63, 3.8) is 0 Å². The predicted octanol–water partition coefficient (Wildman–Crippen LogP) is 1.70. The molecule has 1 saturated heterocycles. The second-order valence-electron chi connectivity index (χ2n) is 4.90. The van der Waals surface area contributed by atoms with E-state index in [4.69, 9.17) is 5.73 Å². The van der Waals surface area contributed by atoms with Crippen LogP contribution in [0, 0.1) is 6.92 Å². The van der Waals surface area contributed by atoms with Gasteiger partial charge in [0, 0.05) is 23.7 Å². The first kappa shape index (κ1) is 14.1. The molecule has 5 heteroatoms. The molecule has 4 nitrogen and oxygen atoms in total. The second kappa shape index (κ2) is 6.19. The normalized spacial score (nSPS) is 17.2. The maximum atomic E-state index is 12.3. The number of nitrogens with zero attached hydrogens (tertiary/aromatic N) is 1. The van der Waals surface area contributed by atoms with Crippen molar-refractivity contribution in [1.29, 1.82) is 0 Å². The zero-order valence-electron chi connectivity index (χ0n) is 11.2. The number of amides is 1. The third-order valence-corrected chi connectivity index (χ3v) is 4.98. The number of carbonyl (C=O) groups is 1. The van der Waals surface area contributed by atoms with Crippen molar-refractivity contribution in [2.45, 2.75) is 31.1 Å². The molecule has 0 radical (unpaired) electrons. The number of carbonyl (C=O) groups excluding carboxylic acids is 1. The molecule has 1 aromatic rings. The third kappa shape index (κ3) is 3.35. The lowest BCUT2D eigenvalue weighted by Gasteiger charge is -2.26. The molecule has 1 unspecified atom stereocenters. The largest absolute Gasteiger partial charge is 0.398 e. The van der Waals surface area contributed by atoms with Crippen molar-refractivity contribution in [3.05, 3.63) is 23.8 Å². The van der Waals surface area contributed by atoms with Crippen LogP contribution in [0.4, 0.5) is 5.69 Å². The van der Waals surface area contributed by atoms with Crippen LogP contribution in [0.15, 0.2) is 23.1 Å². The smallest absolute Gasteiger partial charge is 0.235 e. The van der Waals surface area contributed by atoms with Crippen molar-refractivity contribution in [3.8, 4) is 0 Å². The number of hydrogen-bond acceptors (Lipinski definition) is 3. The lowest BCUT2D eigenvalue weighted by Crippen LogP contribution is -2.38. The summed E-state index contributed by atoms with van der Waals surface area (Å²) >= 11 is 0. The minimum absolute atomic E-state index is 0.0140. The van der Waals surface area contributed by atoms with E-state index < -0.39 is 10.8 Å². The molecule has 104 valence electrons. The number of nitrogen functional groups attached to an aromatic ring is 1. The van der Waals surface area contributed by atoms with E-state index in [1.807, 2.05) is 11.8 Å². The van der Waals surface area contributed by atoms with E-state index in [2.05, 4.69) is 0 Å². The van der Waals surface area contributed by atoms with Gasteiger partial charge >= 0.3 is 0 Å². The molecule has 1 atom stereocenters. The van der Waals surface area contributed by atoms with Crippen molar-refractivity contribution < 1.29 is 9.00 Å². The predicted molar refractivity (Wildman–Crippen MR) is 77.3 cm³/mol. The standard InChI is InChI=1S/C14H20N2O2S/c1-11-12(15)6-5-7-13(11)19(18)10-14(17)16-8-3-2-4-9-16/h5-7H,2-4,8-10,15H2,1H3. The summed E-state index contributed by atoms with van der Waals surface area (Å²) in [6.07, 6.45) is 3.28. The molecule has 1 heterocycles. The first-order valence-electron chi connectivity index (χ1n) is 6.61. The Morgan fingerprint density at radius 1 is 1.32 bits per heavy atom. The van der Waals surface area contributed by atoms with Crippen LogP contribution in [-0.2, 0) is 15.6 Å². The van der Waals surface area contributed by atoms with Gasteiger partial charge in [-0.25, -0.2) is 0 Å². The fourth-order valence-electron chi connectivity index (χ4n) is 2.30. The maximum Gasteiger partial charge on any atom is 0.235 e. The Morgan fingerprint density at radius 3 is 2.68 bits per heavy atom. The second-order valence-corrected chi connectivity index (χ2v) is 6.32. The van der Waals surface area contributed by atoms with Gasteiger partial charge in [-0.15, -0.1) is 0 Å². The van der Waals surface area contributed by atoms with E-state index in [-0.39, 0.29) is 11.7 Å². The molecule has 2 N–H and O–H groups in total. The van der Waals surface area contributed by atoms with Crippen LogP contribution >= 0.6 is 0 Å². The molecule has 0 bridgehead atoms. The van der Waals surface area contributed by atoms with Gasteiger partial charge in [0.05, 0.1) is 10.8 Å². The highest BCUT2D eigenvalue weighted by Crippen LogP contribution is 2.19. The fourth-order valence-corrected chi connectivity index (χ4v) is 3.55. The monoisotopic (exact) mass is 280 g/mol. The van der Waals surface area contributed by atoms with Crippen molar-refractivity contribution in [2.75, 3.05) is 24.6 Å². The first-order chi connectivity index (χ1) is 9.09. The number of piperidine rings is 1. The van der Waals surface area contributed by atoms with E-state index in [1.54, 1.807) is 18.2 Å². The highest BCUT2D eigenvalue weighted by molar-refractivity contribution is 7.85. The molecule has 1 fully saturated rings. The van der Waals surface area contributed by atoms with Gasteiger partial charge in [-0.1, -0.05) is 6.07 Å². The Labute approximate surface area is 116 Å². The summed E-state index contributed by atoms with van der Waals surface area (Å²) in [6, 6.07) is 5.34. The molecule has 0 aliphatic carbocycles. The summed E-state index contributed by atoms with van der Waals surface area (Å²) in [7, 11) is -1.31. The van der Waals surface area contributed by atoms with Gasteiger partial charge in [-0.3, -0.25) is 9.00 Å². The molecule has 0 aromatic heterocycles. The van der Waals surface area contributed by atoms with Gasteiger partial charge in [-0.2, -0.15) is 0 Å². The molecule has 1 aromatic carbocycles. The van der Waals surface area contributed by atoms with Crippen LogP contribution in [0.3, 0.4) is 0 Å². The van der Waals surface area contributed by atoms with Crippen LogP contribution < -0.4 is 5.73 Å². The van der Waals surface area contributed by atoms with Crippen LogP contribution in [0.1, 0.15) is 24.8 Å². The van der Waals surface area contributed by atoms with E-state index in [9.17, 15) is 9.00 Å². The van der Waals surface area contributed by atoms with Gasteiger partial charge in [0.15, 0.2) is 0 Å². The lowest BCUT2D eigenvalue weighted by molar-refractivity contribution is -0.129. The quantitative estimate of drug-likeness (QED) is 0.857. The number of anilines is 1. The van der Waals surface area contributed by atoms with Crippen LogP contribution in [-0.4, -0.2) is 33.9 Å². The van der Waals surface area contributed by atoms with Gasteiger partial charge in [0.25, 0.3) is 0 Å². The number of nitrogens with two attached hydrogens (primary N) is 1. The van der Waals surface area contributed by atoms with Gasteiger partial charge in [-0.05, 0) is 43.9 Å². The summed E-state index contributed by atoms with van der Waals surface area (Å²) in [5.41, 5.74) is 7.24. The maximum absolute atomic E-state index is 12.3. The minimum Gasteiger partial charge on any atom is -0.398 e. The molecular formula is C14H20N2O2S. The van der Waals surface area contributed by atoms with Crippen molar-refractivity contribution in [2.24, 2.45) is 0 Å². The van der Waals surface area contributed by atoms with E-state index >= 15 is 0 Å². The fraction of sp³-hybridized carbons (Fsp3) is 0.500. The molecule has 0 spiro atoms. The van der Waals surface area contributed by atoms with Crippen LogP contribution in [0.25, 0.3) is 0 Å². The number of benzene rings is 1. The molecule has 1 amide bonds. The summed E-state index contributed by atoms with van der Waals surface area (Å²) in [5, 5.41) is 0. The molecule has 2 rings (SSSR count). The van der Waals surface area contributed by atoms with Gasteiger partial charge in [0.2, 0.25) is 5.91 Å². The summed E-state index contributed by atoms with van der Waals surface area (Å²) < 4.78 is 12.3. The average Bonchev–Trinajstić information content (AvgIpc) is 2.42. The molecule has 0 saturated carbocycles. The lowest BCUT2D eigenvalue weighted by atomic mass is 10.1. The topological polar surface area (TPSA) is 63.4 Å². The van der Waals surface area contributed by atoms with E-state index in [1.165, 1.54) is 6.42 Å². The Hall–Kier alpha value is -1.36. The number of hydrogen-bond donors (Lipinski definition) is 1. The van der Waals surface area contributed by atoms with Crippen LogP contribution in [0.5, 0.6) is 0 Å². The SMILES string of the molecule is Cc1c(N)cccc1S(=O)CC(=O)N1CCCCC1. The van der Waals surface area contributed by atoms with Crippen molar-refractivity contribution >= 4 is 22.4 Å². The third-order valence-electron chi connectivity index (χ3n) is 3.53. The zero-order chi connectivity index (χ0) is 13.8. The highest BCUT2D eigenvalue weighted by Gasteiger charge is 2.20. The molecule has 1 aliphatic heterocycles. The number of rotatable bonds is 3. The van der Waals surface area contributed by atoms with E-state index in [0.717, 1.165) is 31.5 Å². The Bertz CT molecular complexity index is 496. The minimum atomic E-state index is -1.31. The molecule has 1 aliphatic rings. The Kier molecular flexibility index (Phi) is 4.58. The van der Waals surface area contributed by atoms with Gasteiger partial charge in [0.1, 0.15) is 5.75 Å².